The van der Waals surface area contributed by atoms with E-state index in [1.807, 2.05) is 0 Å². The first kappa shape index (κ1) is 14.7. The van der Waals surface area contributed by atoms with Crippen LogP contribution < -0.4 is 5.73 Å². The van der Waals surface area contributed by atoms with Crippen LogP contribution in [0, 0.1) is 5.82 Å². The minimum atomic E-state index is -0.741. The van der Waals surface area contributed by atoms with Crippen molar-refractivity contribution in [3.63, 3.8) is 0 Å². The highest BCUT2D eigenvalue weighted by Gasteiger charge is 2.15. The van der Waals surface area contributed by atoms with E-state index in [-0.39, 0.29) is 23.4 Å². The third-order valence-corrected chi connectivity index (χ3v) is 2.25. The molecule has 1 aromatic rings. The molecule has 19 heavy (non-hydrogen) atoms. The van der Waals surface area contributed by atoms with Crippen molar-refractivity contribution in [1.29, 1.82) is 0 Å². The summed E-state index contributed by atoms with van der Waals surface area (Å²) in [6, 6.07) is 2.05. The van der Waals surface area contributed by atoms with Gasteiger partial charge in [-0.25, -0.2) is 14.0 Å². The Morgan fingerprint density at radius 2 is 2.11 bits per heavy atom. The van der Waals surface area contributed by atoms with Crippen LogP contribution in [0.2, 0.25) is 0 Å². The lowest BCUT2D eigenvalue weighted by Crippen LogP contribution is -2.07. The molecule has 0 aliphatic heterocycles. The van der Waals surface area contributed by atoms with Crippen LogP contribution in [-0.2, 0) is 14.3 Å². The molecule has 0 saturated carbocycles. The summed E-state index contributed by atoms with van der Waals surface area (Å²) in [5, 5.41) is 0. The second-order valence-electron chi connectivity index (χ2n) is 3.53. The number of hydrogen-bond acceptors (Lipinski definition) is 5. The SMILES string of the molecule is CCOC(=O)/C=C/c1c(N)cc(F)cc1C(=O)OC. The number of carbonyl (C=O) groups excluding carboxylic acids is 2. The fourth-order valence-corrected chi connectivity index (χ4v) is 1.45. The maximum Gasteiger partial charge on any atom is 0.338 e. The summed E-state index contributed by atoms with van der Waals surface area (Å²) in [7, 11) is 1.17. The lowest BCUT2D eigenvalue weighted by Gasteiger charge is -2.07. The fraction of sp³-hybridized carbons (Fsp3) is 0.231. The normalized spacial score (nSPS) is 10.5. The second-order valence-corrected chi connectivity index (χ2v) is 3.53. The number of nitrogens with two attached hydrogens (primary N) is 1. The van der Waals surface area contributed by atoms with Crippen molar-refractivity contribution in [2.24, 2.45) is 0 Å². The van der Waals surface area contributed by atoms with E-state index in [1.54, 1.807) is 6.92 Å². The van der Waals surface area contributed by atoms with E-state index >= 15 is 0 Å². The number of rotatable bonds is 4. The number of nitrogen functional groups attached to an aromatic ring is 1. The molecule has 0 saturated heterocycles. The number of halogens is 1. The van der Waals surface area contributed by atoms with Crippen molar-refractivity contribution >= 4 is 23.7 Å². The summed E-state index contributed by atoms with van der Waals surface area (Å²) >= 11 is 0. The second kappa shape index (κ2) is 6.53. The molecule has 0 aliphatic rings. The van der Waals surface area contributed by atoms with E-state index in [9.17, 15) is 14.0 Å². The Balaban J connectivity index is 3.18. The highest BCUT2D eigenvalue weighted by atomic mass is 19.1. The molecule has 0 unspecified atom stereocenters. The molecule has 0 radical (unpaired) electrons. The van der Waals surface area contributed by atoms with E-state index in [2.05, 4.69) is 4.74 Å². The number of hydrogen-bond donors (Lipinski definition) is 1. The molecular formula is C13H14FNO4. The van der Waals surface area contributed by atoms with Crippen LogP contribution in [0.1, 0.15) is 22.8 Å². The molecule has 1 rings (SSSR count). The van der Waals surface area contributed by atoms with Gasteiger partial charge in [-0.2, -0.15) is 0 Å². The summed E-state index contributed by atoms with van der Waals surface area (Å²) in [6.07, 6.45) is 2.40. The number of carbonyl (C=O) groups is 2. The Kier molecular flexibility index (Phi) is 5.05. The molecule has 0 aromatic heterocycles. The Labute approximate surface area is 109 Å². The van der Waals surface area contributed by atoms with Crippen molar-refractivity contribution in [3.8, 4) is 0 Å². The van der Waals surface area contributed by atoms with E-state index in [4.69, 9.17) is 10.5 Å². The molecule has 2 N–H and O–H groups in total. The summed E-state index contributed by atoms with van der Waals surface area (Å²) in [4.78, 5) is 22.7. The molecule has 5 nitrogen and oxygen atoms in total. The first-order chi connectivity index (χ1) is 8.99. The molecule has 102 valence electrons. The minimum absolute atomic E-state index is 0.0287. The molecule has 0 heterocycles. The predicted molar refractivity (Wildman–Crippen MR) is 67.8 cm³/mol. The third-order valence-electron chi connectivity index (χ3n) is 2.25. The van der Waals surface area contributed by atoms with Crippen molar-refractivity contribution in [2.45, 2.75) is 6.92 Å². The maximum absolute atomic E-state index is 13.2. The zero-order valence-electron chi connectivity index (χ0n) is 10.6. The van der Waals surface area contributed by atoms with Crippen LogP contribution in [0.3, 0.4) is 0 Å². The Bertz CT molecular complexity index is 526. The molecular weight excluding hydrogens is 253 g/mol. The van der Waals surface area contributed by atoms with Gasteiger partial charge in [0.2, 0.25) is 0 Å². The number of benzene rings is 1. The van der Waals surface area contributed by atoms with Gasteiger partial charge >= 0.3 is 11.9 Å². The highest BCUT2D eigenvalue weighted by molar-refractivity contribution is 5.98. The predicted octanol–water partition coefficient (Wildman–Crippen LogP) is 1.77. The Hall–Kier alpha value is -2.37. The van der Waals surface area contributed by atoms with Gasteiger partial charge in [0.05, 0.1) is 19.3 Å². The quantitative estimate of drug-likeness (QED) is 0.511. The van der Waals surface area contributed by atoms with Gasteiger partial charge in [0.1, 0.15) is 5.82 Å². The molecule has 0 amide bonds. The van der Waals surface area contributed by atoms with Crippen LogP contribution in [0.4, 0.5) is 10.1 Å². The lowest BCUT2D eigenvalue weighted by molar-refractivity contribution is -0.137. The van der Waals surface area contributed by atoms with Gasteiger partial charge in [0, 0.05) is 17.3 Å². The Morgan fingerprint density at radius 3 is 2.68 bits per heavy atom. The standard InChI is InChI=1S/C13H14FNO4/c1-3-19-12(16)5-4-9-10(13(17)18-2)6-8(14)7-11(9)15/h4-7H,3,15H2,1-2H3/b5-4+. The van der Waals surface area contributed by atoms with Crippen molar-refractivity contribution in [2.75, 3.05) is 19.5 Å². The van der Waals surface area contributed by atoms with E-state index in [0.29, 0.717) is 0 Å². The monoisotopic (exact) mass is 267 g/mol. The van der Waals surface area contributed by atoms with E-state index < -0.39 is 17.8 Å². The Morgan fingerprint density at radius 1 is 1.42 bits per heavy atom. The first-order valence-electron chi connectivity index (χ1n) is 5.51. The van der Waals surface area contributed by atoms with Gasteiger partial charge in [-0.15, -0.1) is 0 Å². The molecule has 0 spiro atoms. The minimum Gasteiger partial charge on any atom is -0.465 e. The van der Waals surface area contributed by atoms with Crippen molar-refractivity contribution in [1.82, 2.24) is 0 Å². The number of anilines is 1. The summed E-state index contributed by atoms with van der Waals surface area (Å²) in [6.45, 7) is 1.89. The molecule has 0 fully saturated rings. The van der Waals surface area contributed by atoms with Gasteiger partial charge in [0.15, 0.2) is 0 Å². The smallest absolute Gasteiger partial charge is 0.338 e. The molecule has 0 bridgehead atoms. The van der Waals surface area contributed by atoms with Crippen LogP contribution in [0.5, 0.6) is 0 Å². The molecule has 0 atom stereocenters. The summed E-state index contributed by atoms with van der Waals surface area (Å²) in [5.74, 6) is -1.98. The molecule has 6 heteroatoms. The highest BCUT2D eigenvalue weighted by Crippen LogP contribution is 2.22. The lowest BCUT2D eigenvalue weighted by atomic mass is 10.0. The average Bonchev–Trinajstić information content (AvgIpc) is 2.36. The van der Waals surface area contributed by atoms with E-state index in [1.165, 1.54) is 13.2 Å². The summed E-state index contributed by atoms with van der Waals surface area (Å²) < 4.78 is 22.4. The van der Waals surface area contributed by atoms with Gasteiger partial charge in [-0.1, -0.05) is 0 Å². The van der Waals surface area contributed by atoms with Crippen molar-refractivity contribution in [3.05, 3.63) is 35.2 Å². The third kappa shape index (κ3) is 3.80. The average molecular weight is 267 g/mol. The number of ether oxygens (including phenoxy) is 2. The number of methoxy groups -OCH3 is 1. The van der Waals surface area contributed by atoms with Gasteiger partial charge in [0.25, 0.3) is 0 Å². The van der Waals surface area contributed by atoms with Crippen LogP contribution in [-0.4, -0.2) is 25.7 Å². The topological polar surface area (TPSA) is 78.6 Å². The summed E-state index contributed by atoms with van der Waals surface area (Å²) in [5.41, 5.74) is 5.81. The van der Waals surface area contributed by atoms with Gasteiger partial charge < -0.3 is 15.2 Å². The fourth-order valence-electron chi connectivity index (χ4n) is 1.45. The first-order valence-corrected chi connectivity index (χ1v) is 5.51. The largest absolute Gasteiger partial charge is 0.465 e. The van der Waals surface area contributed by atoms with Gasteiger partial charge in [-0.05, 0) is 25.1 Å². The zero-order valence-corrected chi connectivity index (χ0v) is 10.6. The van der Waals surface area contributed by atoms with E-state index in [0.717, 1.165) is 18.2 Å². The van der Waals surface area contributed by atoms with Crippen LogP contribution in [0.25, 0.3) is 6.08 Å². The zero-order chi connectivity index (χ0) is 14.4. The maximum atomic E-state index is 13.2. The van der Waals surface area contributed by atoms with Gasteiger partial charge in [-0.3, -0.25) is 0 Å². The van der Waals surface area contributed by atoms with Crippen molar-refractivity contribution < 1.29 is 23.5 Å². The molecule has 1 aromatic carbocycles. The van der Waals surface area contributed by atoms with Crippen LogP contribution in [0.15, 0.2) is 18.2 Å². The molecule has 0 aliphatic carbocycles. The number of esters is 2. The van der Waals surface area contributed by atoms with Crippen LogP contribution >= 0.6 is 0 Å².